The van der Waals surface area contributed by atoms with Crippen LogP contribution < -0.4 is 10.1 Å². The number of para-hydroxylation sites is 1. The second-order valence-electron chi connectivity index (χ2n) is 4.74. The fourth-order valence-electron chi connectivity index (χ4n) is 2.26. The summed E-state index contributed by atoms with van der Waals surface area (Å²) in [5, 5.41) is 11.9. The van der Waals surface area contributed by atoms with Crippen molar-refractivity contribution in [3.05, 3.63) is 29.8 Å². The largest absolute Gasteiger partial charge is 0.496 e. The van der Waals surface area contributed by atoms with Gasteiger partial charge in [-0.1, -0.05) is 24.6 Å². The van der Waals surface area contributed by atoms with Gasteiger partial charge in [-0.3, -0.25) is 9.59 Å². The van der Waals surface area contributed by atoms with E-state index in [1.165, 1.54) is 0 Å². The first-order chi connectivity index (χ1) is 9.10. The summed E-state index contributed by atoms with van der Waals surface area (Å²) < 4.78 is 5.18. The summed E-state index contributed by atoms with van der Waals surface area (Å²) in [5.74, 6) is -0.755. The molecule has 0 radical (unpaired) electrons. The lowest BCUT2D eigenvalue weighted by atomic mass is 9.68. The van der Waals surface area contributed by atoms with E-state index in [0.29, 0.717) is 18.6 Å². The number of aliphatic carboxylic acids is 1. The number of nitrogens with one attached hydrogen (secondary N) is 1. The maximum absolute atomic E-state index is 12.0. The van der Waals surface area contributed by atoms with Gasteiger partial charge in [0.25, 0.3) is 0 Å². The maximum atomic E-state index is 12.0. The third-order valence-electron chi connectivity index (χ3n) is 3.68. The van der Waals surface area contributed by atoms with Gasteiger partial charge in [0, 0.05) is 12.1 Å². The molecule has 1 aliphatic rings. The number of rotatable bonds is 5. The number of hydrogen-bond donors (Lipinski definition) is 2. The van der Waals surface area contributed by atoms with Gasteiger partial charge in [0.05, 0.1) is 7.11 Å². The monoisotopic (exact) mass is 263 g/mol. The highest BCUT2D eigenvalue weighted by Gasteiger charge is 2.51. The summed E-state index contributed by atoms with van der Waals surface area (Å²) in [6.45, 7) is 0.276. The van der Waals surface area contributed by atoms with Crippen molar-refractivity contribution in [2.24, 2.45) is 5.41 Å². The van der Waals surface area contributed by atoms with Crippen molar-refractivity contribution in [2.75, 3.05) is 7.11 Å². The topological polar surface area (TPSA) is 75.6 Å². The molecule has 102 valence electrons. The molecule has 0 unspecified atom stereocenters. The smallest absolute Gasteiger partial charge is 0.319 e. The minimum atomic E-state index is -1.22. The molecule has 2 N–H and O–H groups in total. The Kier molecular flexibility index (Phi) is 3.74. The molecule has 0 atom stereocenters. The van der Waals surface area contributed by atoms with Crippen LogP contribution in [0.25, 0.3) is 0 Å². The molecule has 19 heavy (non-hydrogen) atoms. The van der Waals surface area contributed by atoms with Gasteiger partial charge in [0.15, 0.2) is 0 Å². The number of amides is 1. The Morgan fingerprint density at radius 3 is 2.58 bits per heavy atom. The van der Waals surface area contributed by atoms with E-state index in [0.717, 1.165) is 12.0 Å². The van der Waals surface area contributed by atoms with Crippen molar-refractivity contribution >= 4 is 11.9 Å². The summed E-state index contributed by atoms with van der Waals surface area (Å²) in [4.78, 5) is 23.2. The summed E-state index contributed by atoms with van der Waals surface area (Å²) in [6, 6.07) is 7.33. The van der Waals surface area contributed by atoms with Crippen molar-refractivity contribution in [3.8, 4) is 5.75 Å². The molecule has 1 saturated carbocycles. The molecule has 1 aliphatic carbocycles. The quantitative estimate of drug-likeness (QED) is 0.791. The second kappa shape index (κ2) is 5.30. The van der Waals surface area contributed by atoms with Crippen LogP contribution in [-0.2, 0) is 16.1 Å². The van der Waals surface area contributed by atoms with Gasteiger partial charge in [-0.15, -0.1) is 0 Å². The van der Waals surface area contributed by atoms with E-state index in [9.17, 15) is 9.59 Å². The third kappa shape index (κ3) is 2.41. The Labute approximate surface area is 111 Å². The second-order valence-corrected chi connectivity index (χ2v) is 4.74. The summed E-state index contributed by atoms with van der Waals surface area (Å²) in [7, 11) is 1.56. The first-order valence-corrected chi connectivity index (χ1v) is 6.24. The van der Waals surface area contributed by atoms with E-state index >= 15 is 0 Å². The average molecular weight is 263 g/mol. The Balaban J connectivity index is 2.02. The molecule has 0 bridgehead atoms. The molecule has 0 saturated heterocycles. The SMILES string of the molecule is COc1ccccc1CNC(=O)C1(C(=O)O)CCC1. The molecule has 1 fully saturated rings. The van der Waals surface area contributed by atoms with E-state index in [1.54, 1.807) is 13.2 Å². The third-order valence-corrected chi connectivity index (χ3v) is 3.68. The van der Waals surface area contributed by atoms with E-state index in [4.69, 9.17) is 9.84 Å². The molecule has 0 aliphatic heterocycles. The van der Waals surface area contributed by atoms with Crippen LogP contribution >= 0.6 is 0 Å². The Bertz CT molecular complexity index is 494. The molecule has 1 aromatic carbocycles. The van der Waals surface area contributed by atoms with Crippen LogP contribution in [0, 0.1) is 5.41 Å². The first-order valence-electron chi connectivity index (χ1n) is 6.24. The zero-order chi connectivity index (χ0) is 13.9. The first kappa shape index (κ1) is 13.4. The molecule has 5 heteroatoms. The lowest BCUT2D eigenvalue weighted by molar-refractivity contribution is -0.162. The van der Waals surface area contributed by atoms with Crippen molar-refractivity contribution in [2.45, 2.75) is 25.8 Å². The van der Waals surface area contributed by atoms with Gasteiger partial charge in [-0.05, 0) is 18.9 Å². The van der Waals surface area contributed by atoms with Crippen LogP contribution in [0.1, 0.15) is 24.8 Å². The van der Waals surface area contributed by atoms with Crippen molar-refractivity contribution in [3.63, 3.8) is 0 Å². The summed E-state index contributed by atoms with van der Waals surface area (Å²) >= 11 is 0. The number of carboxylic acids is 1. The number of benzene rings is 1. The maximum Gasteiger partial charge on any atom is 0.319 e. The molecule has 5 nitrogen and oxygen atoms in total. The van der Waals surface area contributed by atoms with Gasteiger partial charge >= 0.3 is 5.97 Å². The minimum absolute atomic E-state index is 0.276. The van der Waals surface area contributed by atoms with Crippen LogP contribution in [0.15, 0.2) is 24.3 Å². The van der Waals surface area contributed by atoms with Crippen LogP contribution in [-0.4, -0.2) is 24.1 Å². The van der Waals surface area contributed by atoms with Crippen molar-refractivity contribution in [1.82, 2.24) is 5.32 Å². The molecule has 1 aromatic rings. The molecule has 2 rings (SSSR count). The standard InChI is InChI=1S/C14H17NO4/c1-19-11-6-3-2-5-10(11)9-15-12(16)14(13(17)18)7-4-8-14/h2-3,5-6H,4,7-9H2,1H3,(H,15,16)(H,17,18). The van der Waals surface area contributed by atoms with E-state index in [2.05, 4.69) is 5.32 Å². The summed E-state index contributed by atoms with van der Waals surface area (Å²) in [5.41, 5.74) is -0.389. The Morgan fingerprint density at radius 1 is 1.37 bits per heavy atom. The highest BCUT2D eigenvalue weighted by atomic mass is 16.5. The highest BCUT2D eigenvalue weighted by Crippen LogP contribution is 2.41. The van der Waals surface area contributed by atoms with Gasteiger partial charge in [0.2, 0.25) is 5.91 Å². The minimum Gasteiger partial charge on any atom is -0.496 e. The van der Waals surface area contributed by atoms with Crippen molar-refractivity contribution in [1.29, 1.82) is 0 Å². The normalized spacial score (nSPS) is 16.3. The fourth-order valence-corrected chi connectivity index (χ4v) is 2.26. The Morgan fingerprint density at radius 2 is 2.05 bits per heavy atom. The fraction of sp³-hybridized carbons (Fsp3) is 0.429. The zero-order valence-electron chi connectivity index (χ0n) is 10.8. The summed E-state index contributed by atoms with van der Waals surface area (Å²) in [6.07, 6.45) is 1.62. The van der Waals surface area contributed by atoms with Gasteiger partial charge in [-0.2, -0.15) is 0 Å². The molecule has 0 heterocycles. The van der Waals surface area contributed by atoms with Gasteiger partial charge in [0.1, 0.15) is 11.2 Å². The van der Waals surface area contributed by atoms with Crippen LogP contribution in [0.5, 0.6) is 5.75 Å². The van der Waals surface area contributed by atoms with Crippen LogP contribution in [0.4, 0.5) is 0 Å². The van der Waals surface area contributed by atoms with Crippen molar-refractivity contribution < 1.29 is 19.4 Å². The highest BCUT2D eigenvalue weighted by molar-refractivity contribution is 6.02. The van der Waals surface area contributed by atoms with E-state index in [-0.39, 0.29) is 6.54 Å². The zero-order valence-corrected chi connectivity index (χ0v) is 10.8. The van der Waals surface area contributed by atoms with Gasteiger partial charge < -0.3 is 15.2 Å². The molecule has 1 amide bonds. The number of carboxylic acid groups (broad SMARTS) is 1. The Hall–Kier alpha value is -2.04. The van der Waals surface area contributed by atoms with Crippen LogP contribution in [0.3, 0.4) is 0 Å². The number of ether oxygens (including phenoxy) is 1. The number of hydrogen-bond acceptors (Lipinski definition) is 3. The predicted molar refractivity (Wildman–Crippen MR) is 68.8 cm³/mol. The average Bonchev–Trinajstić information content (AvgIpc) is 2.34. The molecular formula is C14H17NO4. The number of methoxy groups -OCH3 is 1. The lowest BCUT2D eigenvalue weighted by Gasteiger charge is -2.35. The van der Waals surface area contributed by atoms with Crippen LogP contribution in [0.2, 0.25) is 0 Å². The molecular weight excluding hydrogens is 246 g/mol. The van der Waals surface area contributed by atoms with E-state index in [1.807, 2.05) is 18.2 Å². The number of carbonyl (C=O) groups is 2. The van der Waals surface area contributed by atoms with Gasteiger partial charge in [-0.25, -0.2) is 0 Å². The lowest BCUT2D eigenvalue weighted by Crippen LogP contribution is -2.50. The van der Waals surface area contributed by atoms with E-state index < -0.39 is 17.3 Å². The number of carbonyl (C=O) groups excluding carboxylic acids is 1. The predicted octanol–water partition coefficient (Wildman–Crippen LogP) is 1.57. The molecule has 0 aromatic heterocycles. The molecule has 0 spiro atoms.